The van der Waals surface area contributed by atoms with Crippen LogP contribution in [0.15, 0.2) is 88.9 Å². The van der Waals surface area contributed by atoms with Crippen molar-refractivity contribution in [3.63, 3.8) is 0 Å². The predicted octanol–water partition coefficient (Wildman–Crippen LogP) is 0.194. The minimum absolute atomic E-state index is 0.0410. The lowest BCUT2D eigenvalue weighted by atomic mass is 9.95. The smallest absolute Gasteiger partial charge is 0.243 e. The molecule has 1 heterocycles. The van der Waals surface area contributed by atoms with Crippen molar-refractivity contribution in [2.75, 3.05) is 19.6 Å². The summed E-state index contributed by atoms with van der Waals surface area (Å²) < 4.78 is 0. The second-order valence-electron chi connectivity index (χ2n) is 12.7. The van der Waals surface area contributed by atoms with E-state index in [9.17, 15) is 24.3 Å². The molecule has 3 aromatic carbocycles. The lowest BCUT2D eigenvalue weighted by Crippen LogP contribution is -2.56. The van der Waals surface area contributed by atoms with E-state index in [-0.39, 0.29) is 43.6 Å². The molecule has 0 unspecified atom stereocenters. The van der Waals surface area contributed by atoms with Crippen LogP contribution in [0.1, 0.15) is 36.8 Å². The van der Waals surface area contributed by atoms with Crippen LogP contribution >= 0.6 is 0 Å². The second kappa shape index (κ2) is 19.3. The highest BCUT2D eigenvalue weighted by atomic mass is 16.3. The number of nitrogens with zero attached hydrogens (tertiary/aromatic N) is 2. The molecule has 0 saturated carbocycles. The Morgan fingerprint density at radius 1 is 0.673 bits per heavy atom. The summed E-state index contributed by atoms with van der Waals surface area (Å²) in [5.41, 5.74) is 23.5. The second-order valence-corrected chi connectivity index (χ2v) is 12.7. The number of hydrogen-bond acceptors (Lipinski definition) is 7. The van der Waals surface area contributed by atoms with E-state index in [2.05, 4.69) is 31.3 Å². The molecule has 0 radical (unpaired) electrons. The van der Waals surface area contributed by atoms with Crippen molar-refractivity contribution in [2.45, 2.75) is 56.7 Å². The minimum Gasteiger partial charge on any atom is -0.508 e. The predicted molar refractivity (Wildman–Crippen MR) is 201 cm³/mol. The number of aromatic hydroxyl groups is 1. The number of carbonyl (C=O) groups excluding carboxylic acids is 4. The Balaban J connectivity index is 1.67. The van der Waals surface area contributed by atoms with E-state index in [4.69, 9.17) is 22.9 Å². The van der Waals surface area contributed by atoms with Crippen LogP contribution < -0.4 is 44.2 Å². The van der Waals surface area contributed by atoms with Crippen molar-refractivity contribution >= 4 is 46.3 Å². The molecule has 15 heteroatoms. The van der Waals surface area contributed by atoms with E-state index in [1.165, 1.54) is 12.1 Å². The lowest BCUT2D eigenvalue weighted by molar-refractivity contribution is -0.132. The number of nitrogens with one attached hydrogen (secondary N) is 4. The Labute approximate surface area is 302 Å². The standard InChI is InChI=1S/C37H48N10O5/c38-36(39)42-17-3-7-28-14-13-27(20-24-9-12-25-5-1-2-6-26(25)19-24)33(50)44-22-32(49)46-31(21-23-10-15-29(48)16-11-23)35(52)47-30(34(51)45-28)8-4-18-43-37(40)41/h1-2,5-6,9-16,19,27-28,30-31,48H,3-4,7-8,17-18,20-22H2,(H,44,50)(H,45,51)(H,46,49)(H,47,52)(H4,38,39,42)(H4,40,41,43)/b14-13-/t27-,28-,30-,31+/m0/s1. The topological polar surface area (TPSA) is 265 Å². The van der Waals surface area contributed by atoms with Crippen molar-refractivity contribution in [1.29, 1.82) is 0 Å². The summed E-state index contributed by atoms with van der Waals surface area (Å²) >= 11 is 0. The third-order valence-electron chi connectivity index (χ3n) is 8.51. The van der Waals surface area contributed by atoms with Crippen molar-refractivity contribution in [3.05, 3.63) is 90.0 Å². The molecule has 15 nitrogen and oxygen atoms in total. The summed E-state index contributed by atoms with van der Waals surface area (Å²) in [5.74, 6) is -2.91. The van der Waals surface area contributed by atoms with Crippen LogP contribution in [-0.2, 0) is 32.0 Å². The fraction of sp³-hybridized carbons (Fsp3) is 0.351. The van der Waals surface area contributed by atoms with Gasteiger partial charge in [-0.1, -0.05) is 66.7 Å². The van der Waals surface area contributed by atoms with Gasteiger partial charge in [-0.05, 0) is 66.1 Å². The molecular weight excluding hydrogens is 664 g/mol. The largest absolute Gasteiger partial charge is 0.508 e. The molecule has 0 bridgehead atoms. The summed E-state index contributed by atoms with van der Waals surface area (Å²) in [6.07, 6.45) is 5.32. The zero-order valence-corrected chi connectivity index (χ0v) is 29.0. The molecule has 52 heavy (non-hydrogen) atoms. The number of amides is 4. The third kappa shape index (κ3) is 12.6. The van der Waals surface area contributed by atoms with Gasteiger partial charge in [0.25, 0.3) is 0 Å². The van der Waals surface area contributed by atoms with Gasteiger partial charge < -0.3 is 49.3 Å². The molecule has 0 aromatic heterocycles. The highest BCUT2D eigenvalue weighted by Gasteiger charge is 2.29. The molecule has 4 atom stereocenters. The quantitative estimate of drug-likeness (QED) is 0.0536. The maximum atomic E-state index is 13.9. The van der Waals surface area contributed by atoms with Gasteiger partial charge in [-0.15, -0.1) is 0 Å². The van der Waals surface area contributed by atoms with Gasteiger partial charge in [0, 0.05) is 25.6 Å². The Morgan fingerprint density at radius 2 is 1.31 bits per heavy atom. The fourth-order valence-electron chi connectivity index (χ4n) is 5.82. The molecule has 0 aliphatic carbocycles. The van der Waals surface area contributed by atoms with Crippen LogP contribution in [0.3, 0.4) is 0 Å². The number of aliphatic imine (C=N–C) groups is 2. The van der Waals surface area contributed by atoms with Crippen LogP contribution in [0.2, 0.25) is 0 Å². The molecule has 4 rings (SSSR count). The molecule has 0 fully saturated rings. The van der Waals surface area contributed by atoms with Gasteiger partial charge in [-0.3, -0.25) is 29.2 Å². The Bertz CT molecular complexity index is 1780. The molecule has 276 valence electrons. The van der Waals surface area contributed by atoms with Gasteiger partial charge in [-0.2, -0.15) is 0 Å². The number of carbonyl (C=O) groups is 4. The number of nitrogens with two attached hydrogens (primary N) is 4. The average molecular weight is 713 g/mol. The minimum atomic E-state index is -1.12. The fourth-order valence-corrected chi connectivity index (χ4v) is 5.82. The Kier molecular flexibility index (Phi) is 14.4. The zero-order valence-electron chi connectivity index (χ0n) is 29.0. The summed E-state index contributed by atoms with van der Waals surface area (Å²) in [6, 6.07) is 17.4. The van der Waals surface area contributed by atoms with Crippen LogP contribution in [0, 0.1) is 5.92 Å². The molecule has 4 amide bonds. The van der Waals surface area contributed by atoms with E-state index < -0.39 is 47.7 Å². The van der Waals surface area contributed by atoms with Gasteiger partial charge in [0.1, 0.15) is 17.8 Å². The monoisotopic (exact) mass is 712 g/mol. The summed E-state index contributed by atoms with van der Waals surface area (Å²) in [5, 5.41) is 23.1. The van der Waals surface area contributed by atoms with Gasteiger partial charge >= 0.3 is 0 Å². The van der Waals surface area contributed by atoms with Gasteiger partial charge in [0.15, 0.2) is 11.9 Å². The number of phenolic OH excluding ortho intramolecular Hbond substituents is 1. The number of fused-ring (bicyclic) bond motifs is 1. The Morgan fingerprint density at radius 3 is 2.00 bits per heavy atom. The van der Waals surface area contributed by atoms with E-state index in [1.54, 1.807) is 24.3 Å². The maximum absolute atomic E-state index is 13.9. The molecule has 1 aliphatic heterocycles. The SMILES string of the molecule is NC(N)=NCCC[C@H]1/C=C\[C@@H](Cc2ccc3ccccc3c2)C(=O)NCC(=O)N[C@H](Cc2ccc(O)cc2)C(=O)N[C@@H](CCCN=C(N)N)C(=O)N1. The van der Waals surface area contributed by atoms with E-state index in [0.717, 1.165) is 16.3 Å². The summed E-state index contributed by atoms with van der Waals surface area (Å²) in [4.78, 5) is 62.6. The van der Waals surface area contributed by atoms with Gasteiger partial charge in [0.05, 0.1) is 12.5 Å². The molecule has 3 aromatic rings. The molecule has 0 saturated heterocycles. The first kappa shape index (κ1) is 38.7. The van der Waals surface area contributed by atoms with Crippen LogP contribution in [0.5, 0.6) is 5.75 Å². The van der Waals surface area contributed by atoms with Crippen molar-refractivity contribution in [1.82, 2.24) is 21.3 Å². The lowest BCUT2D eigenvalue weighted by Gasteiger charge is -2.25. The molecule has 1 aliphatic rings. The van der Waals surface area contributed by atoms with Gasteiger partial charge in [-0.25, -0.2) is 0 Å². The highest BCUT2D eigenvalue weighted by Crippen LogP contribution is 2.20. The van der Waals surface area contributed by atoms with Crippen LogP contribution in [0.25, 0.3) is 10.8 Å². The highest BCUT2D eigenvalue weighted by molar-refractivity contribution is 5.94. The number of rotatable bonds is 12. The molecule has 0 spiro atoms. The maximum Gasteiger partial charge on any atom is 0.243 e. The number of guanidine groups is 2. The van der Waals surface area contributed by atoms with Crippen LogP contribution in [0.4, 0.5) is 0 Å². The molecular formula is C37H48N10O5. The van der Waals surface area contributed by atoms with E-state index in [0.29, 0.717) is 37.8 Å². The van der Waals surface area contributed by atoms with E-state index in [1.807, 2.05) is 42.5 Å². The first-order chi connectivity index (χ1) is 25.0. The summed E-state index contributed by atoms with van der Waals surface area (Å²) in [6.45, 7) is 0.151. The first-order valence-electron chi connectivity index (χ1n) is 17.2. The normalized spacial score (nSPS) is 20.6. The van der Waals surface area contributed by atoms with Crippen molar-refractivity contribution in [3.8, 4) is 5.75 Å². The average Bonchev–Trinajstić information content (AvgIpc) is 3.11. The van der Waals surface area contributed by atoms with Crippen molar-refractivity contribution < 1.29 is 24.3 Å². The zero-order chi connectivity index (χ0) is 37.5. The van der Waals surface area contributed by atoms with Crippen LogP contribution in [-0.4, -0.2) is 78.4 Å². The molecule has 13 N–H and O–H groups in total. The first-order valence-corrected chi connectivity index (χ1v) is 17.2. The van der Waals surface area contributed by atoms with Gasteiger partial charge in [0.2, 0.25) is 23.6 Å². The Hall–Kier alpha value is -6.12. The third-order valence-corrected chi connectivity index (χ3v) is 8.51. The number of benzene rings is 3. The van der Waals surface area contributed by atoms with Crippen molar-refractivity contribution in [2.24, 2.45) is 38.8 Å². The number of hydrogen-bond donors (Lipinski definition) is 9. The van der Waals surface area contributed by atoms with E-state index >= 15 is 0 Å². The number of phenols is 1. The summed E-state index contributed by atoms with van der Waals surface area (Å²) in [7, 11) is 0.